The van der Waals surface area contributed by atoms with Crippen LogP contribution in [-0.2, 0) is 10.8 Å². The van der Waals surface area contributed by atoms with Crippen LogP contribution in [0, 0.1) is 6.92 Å². The minimum Gasteiger partial charge on any atom is -0.507 e. The Balaban J connectivity index is 0.000000223. The normalized spacial score (nSPS) is 11.4. The smallest absolute Gasteiger partial charge is 0.507 e. The van der Waals surface area contributed by atoms with Gasteiger partial charge in [-0.05, 0) is 65.3 Å². The Morgan fingerprint density at radius 3 is 1.08 bits per heavy atom. The number of phenols is 1. The van der Waals surface area contributed by atoms with Crippen molar-refractivity contribution in [3.8, 4) is 23.0 Å². The molecule has 0 bridgehead atoms. The summed E-state index contributed by atoms with van der Waals surface area (Å²) in [5, 5.41) is 10.4. The van der Waals surface area contributed by atoms with Crippen LogP contribution < -0.4 is 13.6 Å². The first kappa shape index (κ1) is 29.1. The van der Waals surface area contributed by atoms with Crippen molar-refractivity contribution in [2.24, 2.45) is 0 Å². The maximum absolute atomic E-state index is 10.4. The molecule has 0 aliphatic carbocycles. The fourth-order valence-corrected chi connectivity index (χ4v) is 4.67. The van der Waals surface area contributed by atoms with Crippen molar-refractivity contribution in [3.63, 3.8) is 0 Å². The molecule has 38 heavy (non-hydrogen) atoms. The number of aryl methyl sites for hydroxylation is 1. The minimum atomic E-state index is -1.59. The fourth-order valence-electron chi connectivity index (χ4n) is 3.68. The molecule has 4 aromatic carbocycles. The highest BCUT2D eigenvalue weighted by atomic mass is 31.2. The maximum atomic E-state index is 10.4. The monoisotopic (exact) mass is 530 g/mol. The van der Waals surface area contributed by atoms with Crippen molar-refractivity contribution >= 4 is 8.60 Å². The molecule has 0 amide bonds. The van der Waals surface area contributed by atoms with Gasteiger partial charge in [0.25, 0.3) is 0 Å². The zero-order valence-corrected chi connectivity index (χ0v) is 24.3. The highest BCUT2D eigenvalue weighted by Crippen LogP contribution is 2.42. The van der Waals surface area contributed by atoms with Gasteiger partial charge in [0.15, 0.2) is 0 Å². The average molecular weight is 531 g/mol. The van der Waals surface area contributed by atoms with E-state index in [2.05, 4.69) is 60.6 Å². The van der Waals surface area contributed by atoms with Gasteiger partial charge < -0.3 is 18.7 Å². The molecule has 200 valence electrons. The molecule has 0 aromatic heterocycles. The van der Waals surface area contributed by atoms with Crippen molar-refractivity contribution in [2.45, 2.75) is 59.3 Å². The summed E-state index contributed by atoms with van der Waals surface area (Å²) in [6.45, 7) is 14.9. The lowest BCUT2D eigenvalue weighted by atomic mass is 9.78. The summed E-state index contributed by atoms with van der Waals surface area (Å²) in [7, 11) is -1.59. The minimum absolute atomic E-state index is 0.0178. The first-order valence-electron chi connectivity index (χ1n) is 12.8. The van der Waals surface area contributed by atoms with Crippen molar-refractivity contribution in [2.75, 3.05) is 0 Å². The Morgan fingerprint density at radius 1 is 0.526 bits per heavy atom. The fraction of sp³-hybridized carbons (Fsp3) is 0.273. The van der Waals surface area contributed by atoms with Crippen LogP contribution in [0.25, 0.3) is 0 Å². The predicted molar refractivity (Wildman–Crippen MR) is 158 cm³/mol. The number of hydrogen-bond acceptors (Lipinski definition) is 4. The second-order valence-electron chi connectivity index (χ2n) is 11.1. The van der Waals surface area contributed by atoms with E-state index in [-0.39, 0.29) is 10.8 Å². The van der Waals surface area contributed by atoms with E-state index in [0.717, 1.165) is 11.1 Å². The van der Waals surface area contributed by atoms with Crippen molar-refractivity contribution in [1.82, 2.24) is 0 Å². The van der Waals surface area contributed by atoms with E-state index in [4.69, 9.17) is 13.6 Å². The second-order valence-corrected chi connectivity index (χ2v) is 12.1. The van der Waals surface area contributed by atoms with E-state index in [1.807, 2.05) is 91.0 Å². The molecule has 0 atom stereocenters. The van der Waals surface area contributed by atoms with Gasteiger partial charge in [-0.15, -0.1) is 0 Å². The molecule has 1 N–H and O–H groups in total. The molecule has 0 unspecified atom stereocenters. The molecule has 4 rings (SSSR count). The zero-order valence-electron chi connectivity index (χ0n) is 23.4. The number of aromatic hydroxyl groups is 1. The Kier molecular flexibility index (Phi) is 9.83. The zero-order chi connectivity index (χ0) is 27.8. The SMILES string of the molecule is Cc1cc(C(C)(C)C)c(O)c(C(C)(C)C)c1.c1ccc(OP(Oc2ccccc2)Oc2ccccc2)cc1. The molecule has 0 fully saturated rings. The van der Waals surface area contributed by atoms with Crippen LogP contribution in [0.2, 0.25) is 0 Å². The van der Waals surface area contributed by atoms with E-state index < -0.39 is 8.60 Å². The van der Waals surface area contributed by atoms with Gasteiger partial charge in [-0.3, -0.25) is 0 Å². The molecule has 4 nitrogen and oxygen atoms in total. The van der Waals surface area contributed by atoms with Gasteiger partial charge in [-0.2, -0.15) is 0 Å². The van der Waals surface area contributed by atoms with Crippen LogP contribution in [0.15, 0.2) is 103 Å². The maximum Gasteiger partial charge on any atom is 0.530 e. The molecule has 0 saturated carbocycles. The van der Waals surface area contributed by atoms with Gasteiger partial charge in [0.2, 0.25) is 0 Å². The van der Waals surface area contributed by atoms with Gasteiger partial charge in [-0.25, -0.2) is 0 Å². The van der Waals surface area contributed by atoms with Crippen molar-refractivity contribution in [3.05, 3.63) is 120 Å². The first-order chi connectivity index (χ1) is 17.9. The summed E-state index contributed by atoms with van der Waals surface area (Å²) < 4.78 is 17.5. The van der Waals surface area contributed by atoms with Crippen molar-refractivity contribution < 1.29 is 18.7 Å². The number of rotatable bonds is 6. The Bertz CT molecular complexity index is 1130. The molecule has 0 radical (unpaired) electrons. The van der Waals surface area contributed by atoms with Crippen LogP contribution in [0.3, 0.4) is 0 Å². The molecular weight excluding hydrogens is 491 g/mol. The molecule has 0 spiro atoms. The third-order valence-electron chi connectivity index (χ3n) is 5.64. The Hall–Kier alpha value is -3.49. The van der Waals surface area contributed by atoms with Crippen LogP contribution in [0.4, 0.5) is 0 Å². The van der Waals surface area contributed by atoms with E-state index in [1.54, 1.807) is 0 Å². The number of phenolic OH excluding ortho intramolecular Hbond substituents is 1. The topological polar surface area (TPSA) is 47.9 Å². The largest absolute Gasteiger partial charge is 0.530 e. The van der Waals surface area contributed by atoms with Crippen LogP contribution >= 0.6 is 8.60 Å². The van der Waals surface area contributed by atoms with Crippen molar-refractivity contribution in [1.29, 1.82) is 0 Å². The van der Waals surface area contributed by atoms with E-state index in [9.17, 15) is 5.11 Å². The molecule has 0 aliphatic rings. The lowest BCUT2D eigenvalue weighted by Gasteiger charge is -2.27. The molecule has 0 saturated heterocycles. The molecule has 0 heterocycles. The van der Waals surface area contributed by atoms with Crippen LogP contribution in [0.5, 0.6) is 23.0 Å². The predicted octanol–water partition coefficient (Wildman–Crippen LogP) is 9.75. The van der Waals surface area contributed by atoms with Gasteiger partial charge in [0.1, 0.15) is 23.0 Å². The molecule has 4 aromatic rings. The number of hydrogen-bond donors (Lipinski definition) is 1. The third-order valence-corrected chi connectivity index (χ3v) is 6.72. The van der Waals surface area contributed by atoms with E-state index >= 15 is 0 Å². The summed E-state index contributed by atoms with van der Waals surface area (Å²) in [5.74, 6) is 2.59. The van der Waals surface area contributed by atoms with Gasteiger partial charge in [-0.1, -0.05) is 114 Å². The summed E-state index contributed by atoms with van der Waals surface area (Å²) in [6.07, 6.45) is 0. The van der Waals surface area contributed by atoms with Gasteiger partial charge >= 0.3 is 8.60 Å². The van der Waals surface area contributed by atoms with E-state index in [1.165, 1.54) is 5.56 Å². The summed E-state index contributed by atoms with van der Waals surface area (Å²) in [4.78, 5) is 0. The number of para-hydroxylation sites is 3. The Morgan fingerprint density at radius 2 is 0.816 bits per heavy atom. The van der Waals surface area contributed by atoms with Gasteiger partial charge in [0.05, 0.1) is 0 Å². The summed E-state index contributed by atoms with van der Waals surface area (Å²) in [5.41, 5.74) is 3.26. The summed E-state index contributed by atoms with van der Waals surface area (Å²) in [6, 6.07) is 32.7. The molecular formula is C33H39O4P. The third kappa shape index (κ3) is 8.82. The van der Waals surface area contributed by atoms with Crippen LogP contribution in [0.1, 0.15) is 58.2 Å². The lowest BCUT2D eigenvalue weighted by molar-refractivity contribution is 0.388. The van der Waals surface area contributed by atoms with Gasteiger partial charge in [0, 0.05) is 0 Å². The Labute approximate surface area is 229 Å². The molecule has 0 aliphatic heterocycles. The first-order valence-corrected chi connectivity index (χ1v) is 13.9. The number of benzene rings is 4. The summed E-state index contributed by atoms with van der Waals surface area (Å²) >= 11 is 0. The molecule has 5 heteroatoms. The standard InChI is InChI=1S/C18H15O3P.C15H24O/c1-4-10-16(11-5-1)19-22(20-17-12-6-2-7-13-17)21-18-14-8-3-9-15-18;1-10-8-11(14(2,3)4)13(16)12(9-10)15(5,6)7/h1-15H;8-9,16H,1-7H3. The lowest BCUT2D eigenvalue weighted by Crippen LogP contribution is -2.17. The highest BCUT2D eigenvalue weighted by molar-refractivity contribution is 7.43. The van der Waals surface area contributed by atoms with Crippen LogP contribution in [-0.4, -0.2) is 5.11 Å². The highest BCUT2D eigenvalue weighted by Gasteiger charge is 2.25. The average Bonchev–Trinajstić information content (AvgIpc) is 2.86. The second kappa shape index (κ2) is 12.8. The quantitative estimate of drug-likeness (QED) is 0.252. The van der Waals surface area contributed by atoms with E-state index in [0.29, 0.717) is 23.0 Å².